The van der Waals surface area contributed by atoms with Crippen molar-refractivity contribution < 1.29 is 17.9 Å². The summed E-state index contributed by atoms with van der Waals surface area (Å²) in [6.45, 7) is 0. The molecule has 0 aliphatic heterocycles. The smallest absolute Gasteiger partial charge is 0.261 e. The maximum Gasteiger partial charge on any atom is 0.261 e. The van der Waals surface area contributed by atoms with Gasteiger partial charge >= 0.3 is 0 Å². The van der Waals surface area contributed by atoms with Crippen LogP contribution < -0.4 is 0 Å². The first-order valence-electron chi connectivity index (χ1n) is 4.09. The molecule has 0 unspecified atom stereocenters. The van der Waals surface area contributed by atoms with Crippen LogP contribution in [0.25, 0.3) is 0 Å². The maximum atomic E-state index is 11.1. The lowest BCUT2D eigenvalue weighted by molar-refractivity contribution is -0.106. The van der Waals surface area contributed by atoms with Gasteiger partial charge < -0.3 is 9.47 Å². The van der Waals surface area contributed by atoms with Crippen molar-refractivity contribution in [3.8, 4) is 0 Å². The highest BCUT2D eigenvalue weighted by atomic mass is 35.7. The minimum absolute atomic E-state index is 0.0285. The van der Waals surface area contributed by atoms with Gasteiger partial charge in [0.2, 0.25) is 0 Å². The fourth-order valence-corrected chi connectivity index (χ4v) is 1.99. The quantitative estimate of drug-likeness (QED) is 0.605. The first-order valence-corrected chi connectivity index (χ1v) is 6.40. The van der Waals surface area contributed by atoms with E-state index in [1.165, 1.54) is 26.4 Å². The van der Waals surface area contributed by atoms with E-state index >= 15 is 0 Å². The molecule has 6 heteroatoms. The Hall–Kier alpha value is -0.620. The number of hydrogen-bond acceptors (Lipinski definition) is 4. The predicted molar refractivity (Wildman–Crippen MR) is 56.2 cm³/mol. The van der Waals surface area contributed by atoms with E-state index < -0.39 is 15.3 Å². The van der Waals surface area contributed by atoms with Crippen LogP contribution in [0.15, 0.2) is 29.2 Å². The molecule has 0 aromatic heterocycles. The van der Waals surface area contributed by atoms with Crippen molar-refractivity contribution in [1.82, 2.24) is 0 Å². The summed E-state index contributed by atoms with van der Waals surface area (Å²) < 4.78 is 32.1. The van der Waals surface area contributed by atoms with Gasteiger partial charge in [-0.2, -0.15) is 0 Å². The molecule has 1 aromatic carbocycles. The van der Waals surface area contributed by atoms with Gasteiger partial charge in [0.15, 0.2) is 6.29 Å². The van der Waals surface area contributed by atoms with Crippen LogP contribution in [0.5, 0.6) is 0 Å². The Labute approximate surface area is 93.2 Å². The summed E-state index contributed by atoms with van der Waals surface area (Å²) in [5, 5.41) is 0. The van der Waals surface area contributed by atoms with Crippen molar-refractivity contribution in [3.63, 3.8) is 0 Å². The highest BCUT2D eigenvalue weighted by molar-refractivity contribution is 8.13. The fourth-order valence-electron chi connectivity index (χ4n) is 1.18. The van der Waals surface area contributed by atoms with Crippen LogP contribution in [0.2, 0.25) is 0 Å². The molecule has 0 heterocycles. The van der Waals surface area contributed by atoms with Crippen molar-refractivity contribution in [2.75, 3.05) is 14.2 Å². The molecule has 0 bridgehead atoms. The van der Waals surface area contributed by atoms with Crippen molar-refractivity contribution >= 4 is 19.7 Å². The zero-order valence-electron chi connectivity index (χ0n) is 8.31. The molecular formula is C9H11ClO4S. The van der Waals surface area contributed by atoms with Gasteiger partial charge in [-0.3, -0.25) is 0 Å². The third-order valence-corrected chi connectivity index (χ3v) is 3.19. The molecule has 0 fully saturated rings. The van der Waals surface area contributed by atoms with Crippen LogP contribution in [0.1, 0.15) is 11.9 Å². The number of rotatable bonds is 4. The van der Waals surface area contributed by atoms with E-state index in [-0.39, 0.29) is 4.90 Å². The van der Waals surface area contributed by atoms with Gasteiger partial charge in [-0.25, -0.2) is 8.42 Å². The molecule has 0 atom stereocenters. The summed E-state index contributed by atoms with van der Waals surface area (Å²) in [5.74, 6) is 0. The van der Waals surface area contributed by atoms with E-state index in [9.17, 15) is 8.42 Å². The minimum Gasteiger partial charge on any atom is -0.352 e. The number of hydrogen-bond donors (Lipinski definition) is 0. The lowest BCUT2D eigenvalue weighted by Crippen LogP contribution is -2.04. The Balaban J connectivity index is 3.13. The molecule has 0 N–H and O–H groups in total. The molecule has 1 rings (SSSR count). The molecule has 0 spiro atoms. The molecule has 1 aromatic rings. The van der Waals surface area contributed by atoms with Crippen molar-refractivity contribution in [3.05, 3.63) is 29.8 Å². The first kappa shape index (κ1) is 12.4. The van der Waals surface area contributed by atoms with Crippen molar-refractivity contribution in [2.24, 2.45) is 0 Å². The molecule has 0 amide bonds. The Morgan fingerprint density at radius 1 is 1.27 bits per heavy atom. The number of halogens is 1. The van der Waals surface area contributed by atoms with Gasteiger partial charge in [0.05, 0.1) is 4.90 Å². The largest absolute Gasteiger partial charge is 0.352 e. The van der Waals surface area contributed by atoms with Crippen LogP contribution in [-0.4, -0.2) is 22.6 Å². The summed E-state index contributed by atoms with van der Waals surface area (Å²) in [6, 6.07) is 6.10. The first-order chi connectivity index (χ1) is 6.99. The molecular weight excluding hydrogens is 240 g/mol. The summed E-state index contributed by atoms with van der Waals surface area (Å²) in [5.41, 5.74) is 0.599. The highest BCUT2D eigenvalue weighted by Crippen LogP contribution is 2.22. The summed E-state index contributed by atoms with van der Waals surface area (Å²) in [6.07, 6.45) is -0.594. The monoisotopic (exact) mass is 250 g/mol. The SMILES string of the molecule is COC(OC)c1cccc(S(=O)(=O)Cl)c1. The third kappa shape index (κ3) is 3.17. The number of benzene rings is 1. The highest BCUT2D eigenvalue weighted by Gasteiger charge is 2.14. The van der Waals surface area contributed by atoms with E-state index in [0.717, 1.165) is 0 Å². The minimum atomic E-state index is -3.71. The van der Waals surface area contributed by atoms with E-state index in [0.29, 0.717) is 5.56 Å². The molecule has 0 aliphatic rings. The van der Waals surface area contributed by atoms with Gasteiger partial charge in [-0.1, -0.05) is 12.1 Å². The molecule has 0 radical (unpaired) electrons. The summed E-state index contributed by atoms with van der Waals surface area (Å²) in [4.78, 5) is 0.0285. The molecule has 0 aliphatic carbocycles. The maximum absolute atomic E-state index is 11.1. The molecule has 0 saturated carbocycles. The average molecular weight is 251 g/mol. The van der Waals surface area contributed by atoms with Crippen LogP contribution in [0, 0.1) is 0 Å². The number of ether oxygens (including phenoxy) is 2. The van der Waals surface area contributed by atoms with Crippen molar-refractivity contribution in [2.45, 2.75) is 11.2 Å². The zero-order valence-corrected chi connectivity index (χ0v) is 9.88. The van der Waals surface area contributed by atoms with Crippen LogP contribution in [0.4, 0.5) is 0 Å². The second-order valence-electron chi connectivity index (χ2n) is 2.81. The Kier molecular flexibility index (Phi) is 4.10. The molecule has 0 saturated heterocycles. The predicted octanol–water partition coefficient (Wildman–Crippen LogP) is 1.91. The summed E-state index contributed by atoms with van der Waals surface area (Å²) >= 11 is 0. The van der Waals surface area contributed by atoms with E-state index in [2.05, 4.69) is 0 Å². The molecule has 4 nitrogen and oxygen atoms in total. The average Bonchev–Trinajstić information content (AvgIpc) is 2.19. The molecule has 15 heavy (non-hydrogen) atoms. The van der Waals surface area contributed by atoms with E-state index in [4.69, 9.17) is 20.2 Å². The van der Waals surface area contributed by atoms with E-state index in [1.54, 1.807) is 12.1 Å². The van der Waals surface area contributed by atoms with Gasteiger partial charge in [0.1, 0.15) is 0 Å². The lowest BCUT2D eigenvalue weighted by atomic mass is 10.2. The fraction of sp³-hybridized carbons (Fsp3) is 0.333. The van der Waals surface area contributed by atoms with Gasteiger partial charge in [0.25, 0.3) is 9.05 Å². The van der Waals surface area contributed by atoms with Gasteiger partial charge in [0, 0.05) is 30.5 Å². The topological polar surface area (TPSA) is 52.6 Å². The second-order valence-corrected chi connectivity index (χ2v) is 5.38. The Morgan fingerprint density at radius 3 is 2.33 bits per heavy atom. The molecule has 84 valence electrons. The van der Waals surface area contributed by atoms with Gasteiger partial charge in [-0.15, -0.1) is 0 Å². The van der Waals surface area contributed by atoms with Crippen molar-refractivity contribution in [1.29, 1.82) is 0 Å². The second kappa shape index (κ2) is 4.94. The third-order valence-electron chi connectivity index (χ3n) is 1.84. The lowest BCUT2D eigenvalue weighted by Gasteiger charge is -2.13. The Bertz CT molecular complexity index is 425. The number of methoxy groups -OCH3 is 2. The standard InChI is InChI=1S/C9H11ClO4S/c1-13-9(14-2)7-4-3-5-8(6-7)15(10,11)12/h3-6,9H,1-2H3. The van der Waals surface area contributed by atoms with Gasteiger partial charge in [-0.05, 0) is 12.1 Å². The van der Waals surface area contributed by atoms with Crippen LogP contribution >= 0.6 is 10.7 Å². The van der Waals surface area contributed by atoms with Crippen LogP contribution in [0.3, 0.4) is 0 Å². The summed E-state index contributed by atoms with van der Waals surface area (Å²) in [7, 11) is 4.43. The van der Waals surface area contributed by atoms with E-state index in [1.807, 2.05) is 0 Å². The Morgan fingerprint density at radius 2 is 1.87 bits per heavy atom. The van der Waals surface area contributed by atoms with Crippen LogP contribution in [-0.2, 0) is 18.5 Å². The normalized spacial score (nSPS) is 12.0. The zero-order chi connectivity index (χ0) is 11.5.